The molecule has 1 aromatic rings. The lowest BCUT2D eigenvalue weighted by Gasteiger charge is -2.25. The van der Waals surface area contributed by atoms with Crippen molar-refractivity contribution in [2.45, 2.75) is 32.6 Å². The number of hydrogen-bond donors (Lipinski definition) is 3. The number of hydrogen-bond acceptors (Lipinski definition) is 3. The SMILES string of the molecule is CCNC(=NCCS(=O)(=O)NCC1CCC1)NCCc1cccc(F)c1.I. The van der Waals surface area contributed by atoms with Crippen LogP contribution in [0.3, 0.4) is 0 Å². The number of aliphatic imine (C=N–C) groups is 1. The van der Waals surface area contributed by atoms with Gasteiger partial charge in [0.25, 0.3) is 0 Å². The lowest BCUT2D eigenvalue weighted by molar-refractivity contribution is 0.316. The molecule has 0 heterocycles. The highest BCUT2D eigenvalue weighted by molar-refractivity contribution is 14.0. The summed E-state index contributed by atoms with van der Waals surface area (Å²) >= 11 is 0. The molecule has 0 radical (unpaired) electrons. The number of benzene rings is 1. The van der Waals surface area contributed by atoms with Crippen molar-refractivity contribution >= 4 is 40.0 Å². The Kier molecular flexibility index (Phi) is 11.2. The molecule has 3 N–H and O–H groups in total. The largest absolute Gasteiger partial charge is 0.357 e. The molecule has 0 amide bonds. The van der Waals surface area contributed by atoms with E-state index < -0.39 is 10.0 Å². The van der Waals surface area contributed by atoms with Crippen LogP contribution in [0.15, 0.2) is 29.3 Å². The first-order valence-corrected chi connectivity index (χ1v) is 10.9. The monoisotopic (exact) mass is 512 g/mol. The number of nitrogens with zero attached hydrogens (tertiary/aromatic N) is 1. The Morgan fingerprint density at radius 3 is 2.70 bits per heavy atom. The normalized spacial score (nSPS) is 15.0. The van der Waals surface area contributed by atoms with Crippen molar-refractivity contribution in [3.63, 3.8) is 0 Å². The van der Waals surface area contributed by atoms with E-state index in [1.807, 2.05) is 13.0 Å². The van der Waals surface area contributed by atoms with Gasteiger partial charge in [0.2, 0.25) is 10.0 Å². The molecule has 27 heavy (non-hydrogen) atoms. The highest BCUT2D eigenvalue weighted by Gasteiger charge is 2.19. The van der Waals surface area contributed by atoms with Gasteiger partial charge >= 0.3 is 0 Å². The third-order valence-electron chi connectivity index (χ3n) is 4.39. The molecule has 0 aromatic heterocycles. The summed E-state index contributed by atoms with van der Waals surface area (Å²) in [6, 6.07) is 6.48. The first-order chi connectivity index (χ1) is 12.5. The summed E-state index contributed by atoms with van der Waals surface area (Å²) in [7, 11) is -3.29. The molecule has 9 heteroatoms. The van der Waals surface area contributed by atoms with Crippen LogP contribution in [0, 0.1) is 11.7 Å². The molecule has 6 nitrogen and oxygen atoms in total. The Morgan fingerprint density at radius 1 is 1.30 bits per heavy atom. The first kappa shape index (κ1) is 24.1. The van der Waals surface area contributed by atoms with Gasteiger partial charge in [-0.1, -0.05) is 18.6 Å². The van der Waals surface area contributed by atoms with Crippen LogP contribution in [0.5, 0.6) is 0 Å². The predicted molar refractivity (Wildman–Crippen MR) is 119 cm³/mol. The quantitative estimate of drug-likeness (QED) is 0.255. The van der Waals surface area contributed by atoms with E-state index in [1.165, 1.54) is 18.6 Å². The van der Waals surface area contributed by atoms with Crippen LogP contribution in [0.4, 0.5) is 4.39 Å². The van der Waals surface area contributed by atoms with Crippen molar-refractivity contribution in [1.82, 2.24) is 15.4 Å². The first-order valence-electron chi connectivity index (χ1n) is 9.22. The van der Waals surface area contributed by atoms with Crippen LogP contribution in [0.25, 0.3) is 0 Å². The van der Waals surface area contributed by atoms with Gasteiger partial charge in [-0.05, 0) is 49.8 Å². The Hall–Kier alpha value is -0.940. The minimum Gasteiger partial charge on any atom is -0.357 e. The van der Waals surface area contributed by atoms with Gasteiger partial charge in [0.05, 0.1) is 12.3 Å². The van der Waals surface area contributed by atoms with Crippen molar-refractivity contribution < 1.29 is 12.8 Å². The summed E-state index contributed by atoms with van der Waals surface area (Å²) in [5, 5.41) is 6.23. The minimum absolute atomic E-state index is 0. The summed E-state index contributed by atoms with van der Waals surface area (Å²) in [6.45, 7) is 3.94. The fourth-order valence-electron chi connectivity index (χ4n) is 2.65. The molecule has 1 saturated carbocycles. The minimum atomic E-state index is -3.29. The molecule has 0 spiro atoms. The van der Waals surface area contributed by atoms with Gasteiger partial charge in [0.15, 0.2) is 5.96 Å². The second-order valence-electron chi connectivity index (χ2n) is 6.53. The third-order valence-corrected chi connectivity index (χ3v) is 5.71. The Labute approximate surface area is 178 Å². The van der Waals surface area contributed by atoms with E-state index in [-0.39, 0.29) is 42.1 Å². The van der Waals surface area contributed by atoms with Gasteiger partial charge in [0, 0.05) is 19.6 Å². The number of guanidine groups is 1. The molecule has 1 aliphatic carbocycles. The Morgan fingerprint density at radius 2 is 2.07 bits per heavy atom. The van der Waals surface area contributed by atoms with Gasteiger partial charge in [-0.25, -0.2) is 17.5 Å². The van der Waals surface area contributed by atoms with E-state index in [1.54, 1.807) is 6.07 Å². The fourth-order valence-corrected chi connectivity index (χ4v) is 3.62. The van der Waals surface area contributed by atoms with E-state index in [4.69, 9.17) is 0 Å². The van der Waals surface area contributed by atoms with Crippen LogP contribution in [0.1, 0.15) is 31.7 Å². The molecule has 1 fully saturated rings. The van der Waals surface area contributed by atoms with Crippen LogP contribution in [-0.2, 0) is 16.4 Å². The molecule has 0 aliphatic heterocycles. The summed E-state index contributed by atoms with van der Waals surface area (Å²) in [5.74, 6) is 0.788. The van der Waals surface area contributed by atoms with Crippen molar-refractivity contribution in [2.24, 2.45) is 10.9 Å². The maximum absolute atomic E-state index is 13.2. The second kappa shape index (κ2) is 12.5. The van der Waals surface area contributed by atoms with Gasteiger partial charge in [-0.3, -0.25) is 4.99 Å². The van der Waals surface area contributed by atoms with Crippen molar-refractivity contribution in [3.05, 3.63) is 35.6 Å². The number of sulfonamides is 1. The highest BCUT2D eigenvalue weighted by atomic mass is 127. The molecule has 1 aromatic carbocycles. The topological polar surface area (TPSA) is 82.6 Å². The lowest BCUT2D eigenvalue weighted by Crippen LogP contribution is -2.39. The summed E-state index contributed by atoms with van der Waals surface area (Å²) < 4.78 is 39.8. The molecule has 0 saturated heterocycles. The molecule has 154 valence electrons. The van der Waals surface area contributed by atoms with Crippen molar-refractivity contribution in [1.29, 1.82) is 0 Å². The smallest absolute Gasteiger partial charge is 0.213 e. The van der Waals surface area contributed by atoms with E-state index in [2.05, 4.69) is 20.3 Å². The number of nitrogens with one attached hydrogen (secondary N) is 3. The Bertz CT molecular complexity index is 696. The number of rotatable bonds is 10. The maximum atomic E-state index is 13.2. The average Bonchev–Trinajstić information content (AvgIpc) is 2.53. The van der Waals surface area contributed by atoms with Crippen LogP contribution >= 0.6 is 24.0 Å². The fraction of sp³-hybridized carbons (Fsp3) is 0.611. The van der Waals surface area contributed by atoms with E-state index >= 15 is 0 Å². The van der Waals surface area contributed by atoms with Crippen molar-refractivity contribution in [2.75, 3.05) is 31.9 Å². The van der Waals surface area contributed by atoms with Gasteiger partial charge in [-0.15, -0.1) is 24.0 Å². The molecule has 2 rings (SSSR count). The van der Waals surface area contributed by atoms with Gasteiger partial charge in [-0.2, -0.15) is 0 Å². The Balaban J connectivity index is 0.00000364. The maximum Gasteiger partial charge on any atom is 0.213 e. The number of halogens is 2. The van der Waals surface area contributed by atoms with Crippen LogP contribution in [-0.4, -0.2) is 46.3 Å². The van der Waals surface area contributed by atoms with Crippen LogP contribution < -0.4 is 15.4 Å². The zero-order chi connectivity index (χ0) is 18.8. The molecule has 0 unspecified atom stereocenters. The molecule has 0 atom stereocenters. The van der Waals surface area contributed by atoms with Crippen LogP contribution in [0.2, 0.25) is 0 Å². The summed E-state index contributed by atoms with van der Waals surface area (Å²) in [6.07, 6.45) is 4.08. The zero-order valence-electron chi connectivity index (χ0n) is 15.7. The molecule has 0 bridgehead atoms. The summed E-state index contributed by atoms with van der Waals surface area (Å²) in [4.78, 5) is 4.31. The standard InChI is InChI=1S/C18H29FN4O2S.HI/c1-2-20-18(21-10-9-15-5-4-8-17(19)13-15)22-11-12-26(24,25)23-14-16-6-3-7-16;/h4-5,8,13,16,23H,2-3,6-7,9-12,14H2,1H3,(H2,20,21,22);1H. The third kappa shape index (κ3) is 9.70. The molecule has 1 aliphatic rings. The molecular formula is C18H30FIN4O2S. The highest BCUT2D eigenvalue weighted by Crippen LogP contribution is 2.25. The van der Waals surface area contributed by atoms with E-state index in [9.17, 15) is 12.8 Å². The van der Waals surface area contributed by atoms with Gasteiger partial charge < -0.3 is 10.6 Å². The van der Waals surface area contributed by atoms with Crippen molar-refractivity contribution in [3.8, 4) is 0 Å². The zero-order valence-corrected chi connectivity index (χ0v) is 18.9. The lowest BCUT2D eigenvalue weighted by atomic mass is 9.86. The molecular weight excluding hydrogens is 482 g/mol. The second-order valence-corrected chi connectivity index (χ2v) is 8.46. The van der Waals surface area contributed by atoms with E-state index in [0.29, 0.717) is 37.9 Å². The van der Waals surface area contributed by atoms with E-state index in [0.717, 1.165) is 18.4 Å². The predicted octanol–water partition coefficient (Wildman–Crippen LogP) is 2.26. The average molecular weight is 512 g/mol. The summed E-state index contributed by atoms with van der Waals surface area (Å²) in [5.41, 5.74) is 0.899. The van der Waals surface area contributed by atoms with Gasteiger partial charge in [0.1, 0.15) is 5.82 Å².